The number of rotatable bonds is 9. The zero-order valence-electron chi connectivity index (χ0n) is 21.1. The summed E-state index contributed by atoms with van der Waals surface area (Å²) in [4.78, 5) is 54.3. The van der Waals surface area contributed by atoms with Gasteiger partial charge in [0.05, 0.1) is 40.3 Å². The third kappa shape index (κ3) is 5.56. The van der Waals surface area contributed by atoms with E-state index in [1.54, 1.807) is 50.2 Å². The number of hydrogen-bond donors (Lipinski definition) is 3. The van der Waals surface area contributed by atoms with Crippen LogP contribution in [0.2, 0.25) is 5.02 Å². The molecule has 1 unspecified atom stereocenters. The second kappa shape index (κ2) is 11.1. The van der Waals surface area contributed by atoms with Crippen LogP contribution < -0.4 is 15.9 Å². The van der Waals surface area contributed by atoms with Crippen molar-refractivity contribution in [1.82, 2.24) is 13.5 Å². The Labute approximate surface area is 231 Å². The summed E-state index contributed by atoms with van der Waals surface area (Å²) in [5.74, 6) is -3.66. The van der Waals surface area contributed by atoms with Crippen molar-refractivity contribution >= 4 is 51.5 Å². The van der Waals surface area contributed by atoms with Gasteiger partial charge in [0, 0.05) is 14.1 Å². The summed E-state index contributed by atoms with van der Waals surface area (Å²) in [5.41, 5.74) is 0.172. The van der Waals surface area contributed by atoms with Crippen molar-refractivity contribution in [1.29, 1.82) is 0 Å². The van der Waals surface area contributed by atoms with E-state index >= 15 is 0 Å². The van der Waals surface area contributed by atoms with Crippen LogP contribution in [0.1, 0.15) is 38.0 Å². The predicted octanol–water partition coefficient (Wildman–Crippen LogP) is 3.65. The number of imidazole rings is 1. The SMILES string of the molecule is Cc1nsc(N(C)C)c1C(=O)C(C(=O)Nc1cc(C(=O)O)ccc1Cl)n1c(O)cn(Cc2ccccc2)c1=O. The number of anilines is 2. The summed E-state index contributed by atoms with van der Waals surface area (Å²) >= 11 is 7.24. The number of carboxylic acid groups (broad SMARTS) is 1. The minimum atomic E-state index is -1.87. The van der Waals surface area contributed by atoms with Crippen LogP contribution in [0.15, 0.2) is 59.5 Å². The summed E-state index contributed by atoms with van der Waals surface area (Å²) in [5, 5.41) is 23.1. The molecule has 0 saturated carbocycles. The van der Waals surface area contributed by atoms with Gasteiger partial charge in [-0.3, -0.25) is 14.2 Å². The first-order valence-electron chi connectivity index (χ1n) is 11.6. The maximum atomic E-state index is 14.0. The number of halogens is 1. The monoisotopic (exact) mass is 569 g/mol. The molecule has 4 rings (SSSR count). The van der Waals surface area contributed by atoms with Crippen molar-refractivity contribution in [2.45, 2.75) is 19.5 Å². The van der Waals surface area contributed by atoms with Crippen molar-refractivity contribution in [2.24, 2.45) is 0 Å². The Morgan fingerprint density at radius 2 is 1.85 bits per heavy atom. The molecular weight excluding hydrogens is 546 g/mol. The molecule has 0 bridgehead atoms. The van der Waals surface area contributed by atoms with E-state index in [0.717, 1.165) is 29.4 Å². The number of hydrogen-bond acceptors (Lipinski definition) is 8. The van der Waals surface area contributed by atoms with Gasteiger partial charge in [-0.2, -0.15) is 4.37 Å². The minimum absolute atomic E-state index is 0.0140. The number of aromatic nitrogens is 3. The van der Waals surface area contributed by atoms with Crippen LogP contribution in [-0.4, -0.2) is 55.5 Å². The molecule has 0 radical (unpaired) electrons. The summed E-state index contributed by atoms with van der Waals surface area (Å²) in [6.07, 6.45) is 1.15. The zero-order chi connectivity index (χ0) is 28.4. The molecule has 39 heavy (non-hydrogen) atoms. The van der Waals surface area contributed by atoms with Crippen LogP contribution >= 0.6 is 23.1 Å². The third-order valence-electron chi connectivity index (χ3n) is 5.89. The zero-order valence-corrected chi connectivity index (χ0v) is 22.7. The Kier molecular flexibility index (Phi) is 7.88. The maximum absolute atomic E-state index is 14.0. The van der Waals surface area contributed by atoms with E-state index in [1.807, 2.05) is 6.07 Å². The molecule has 11 nitrogen and oxygen atoms in total. The fourth-order valence-electron chi connectivity index (χ4n) is 4.02. The van der Waals surface area contributed by atoms with E-state index in [1.165, 1.54) is 16.7 Å². The normalized spacial score (nSPS) is 11.7. The smallest absolute Gasteiger partial charge is 0.335 e. The van der Waals surface area contributed by atoms with Crippen molar-refractivity contribution in [3.8, 4) is 5.88 Å². The number of amides is 1. The van der Waals surface area contributed by atoms with Gasteiger partial charge < -0.3 is 20.4 Å². The summed E-state index contributed by atoms with van der Waals surface area (Å²) in [6, 6.07) is 10.8. The molecule has 0 spiro atoms. The summed E-state index contributed by atoms with van der Waals surface area (Å²) in [7, 11) is 3.41. The topological polar surface area (TPSA) is 147 Å². The number of Topliss-reactive ketones (excluding diaryl/α,β-unsaturated/α-hetero) is 1. The molecule has 13 heteroatoms. The predicted molar refractivity (Wildman–Crippen MR) is 147 cm³/mol. The van der Waals surface area contributed by atoms with E-state index < -0.39 is 35.3 Å². The number of aromatic hydroxyl groups is 1. The van der Waals surface area contributed by atoms with Crippen molar-refractivity contribution in [3.05, 3.63) is 92.6 Å². The fourth-order valence-corrected chi connectivity index (χ4v) is 5.00. The summed E-state index contributed by atoms with van der Waals surface area (Å²) in [6.45, 7) is 1.68. The lowest BCUT2D eigenvalue weighted by molar-refractivity contribution is -0.118. The first kappa shape index (κ1) is 27.6. The van der Waals surface area contributed by atoms with Crippen molar-refractivity contribution in [3.63, 3.8) is 0 Å². The highest BCUT2D eigenvalue weighted by molar-refractivity contribution is 7.10. The molecule has 4 aromatic rings. The number of carbonyl (C=O) groups excluding carboxylic acids is 2. The van der Waals surface area contributed by atoms with Crippen LogP contribution in [0.3, 0.4) is 0 Å². The molecule has 1 atom stereocenters. The molecule has 0 fully saturated rings. The molecule has 202 valence electrons. The molecule has 0 aliphatic rings. The van der Waals surface area contributed by atoms with Gasteiger partial charge in [0.25, 0.3) is 5.91 Å². The van der Waals surface area contributed by atoms with Crippen molar-refractivity contribution in [2.75, 3.05) is 24.3 Å². The number of nitrogens with zero attached hydrogens (tertiary/aromatic N) is 4. The van der Waals surface area contributed by atoms with E-state index in [4.69, 9.17) is 11.6 Å². The van der Waals surface area contributed by atoms with Crippen molar-refractivity contribution < 1.29 is 24.6 Å². The van der Waals surface area contributed by atoms with E-state index in [0.29, 0.717) is 15.3 Å². The average molecular weight is 570 g/mol. The van der Waals surface area contributed by atoms with Gasteiger partial charge in [0.15, 0.2) is 11.8 Å². The lowest BCUT2D eigenvalue weighted by atomic mass is 10.0. The average Bonchev–Trinajstić information content (AvgIpc) is 3.40. The standard InChI is InChI=1S/C26H24ClN5O6S/c1-14-20(24(30(2)3)39-29-14)22(34)21(23(35)28-18-11-16(25(36)37)9-10-17(18)27)32-19(33)13-31(26(32)38)12-15-7-5-4-6-8-15/h4-11,13,21,33H,12H2,1-3H3,(H,28,35)(H,36,37). The number of carboxylic acids is 1. The van der Waals surface area contributed by atoms with Gasteiger partial charge in [0.2, 0.25) is 5.88 Å². The number of carbonyl (C=O) groups is 3. The Bertz CT molecular complexity index is 1630. The van der Waals surface area contributed by atoms with Crippen LogP contribution in [0.25, 0.3) is 0 Å². The number of aromatic carboxylic acids is 1. The Morgan fingerprint density at radius 1 is 1.15 bits per heavy atom. The molecule has 3 N–H and O–H groups in total. The molecule has 2 heterocycles. The highest BCUT2D eigenvalue weighted by atomic mass is 35.5. The molecule has 1 amide bonds. The van der Waals surface area contributed by atoms with Crippen LogP contribution in [0.5, 0.6) is 5.88 Å². The Balaban J connectivity index is 1.84. The van der Waals surface area contributed by atoms with Gasteiger partial charge in [-0.15, -0.1) is 0 Å². The lowest BCUT2D eigenvalue weighted by Crippen LogP contribution is -2.39. The van der Waals surface area contributed by atoms with Gasteiger partial charge in [0.1, 0.15) is 5.00 Å². The van der Waals surface area contributed by atoms with E-state index in [2.05, 4.69) is 9.69 Å². The van der Waals surface area contributed by atoms with Crippen LogP contribution in [0, 0.1) is 6.92 Å². The van der Waals surface area contributed by atoms with Gasteiger partial charge in [-0.05, 0) is 42.2 Å². The molecule has 0 saturated heterocycles. The van der Waals surface area contributed by atoms with Crippen LogP contribution in [-0.2, 0) is 11.3 Å². The minimum Gasteiger partial charge on any atom is -0.493 e. The highest BCUT2D eigenvalue weighted by Crippen LogP contribution is 2.32. The second-order valence-electron chi connectivity index (χ2n) is 8.85. The molecule has 2 aromatic carbocycles. The van der Waals surface area contributed by atoms with Gasteiger partial charge in [-0.25, -0.2) is 14.2 Å². The third-order valence-corrected chi connectivity index (χ3v) is 7.33. The Morgan fingerprint density at radius 3 is 2.49 bits per heavy atom. The highest BCUT2D eigenvalue weighted by Gasteiger charge is 2.37. The molecular formula is C26H24ClN5O6S. The number of benzene rings is 2. The maximum Gasteiger partial charge on any atom is 0.335 e. The largest absolute Gasteiger partial charge is 0.493 e. The number of nitrogens with one attached hydrogen (secondary N) is 1. The number of aryl methyl sites for hydroxylation is 1. The molecule has 0 aliphatic carbocycles. The van der Waals surface area contributed by atoms with Crippen LogP contribution in [0.4, 0.5) is 10.7 Å². The lowest BCUT2D eigenvalue weighted by Gasteiger charge is -2.20. The molecule has 0 aliphatic heterocycles. The van der Waals surface area contributed by atoms with E-state index in [9.17, 15) is 29.4 Å². The van der Waals surface area contributed by atoms with Gasteiger partial charge in [-0.1, -0.05) is 41.9 Å². The van der Waals surface area contributed by atoms with Gasteiger partial charge >= 0.3 is 11.7 Å². The fraction of sp³-hybridized carbons (Fsp3) is 0.192. The first-order chi connectivity index (χ1) is 18.5. The second-order valence-corrected chi connectivity index (χ2v) is 10.0. The molecule has 2 aromatic heterocycles. The Hall–Kier alpha value is -4.42. The first-order valence-corrected chi connectivity index (χ1v) is 12.7. The summed E-state index contributed by atoms with van der Waals surface area (Å²) < 4.78 is 6.12. The van der Waals surface area contributed by atoms with E-state index in [-0.39, 0.29) is 28.4 Å². The number of ketones is 1. The quantitative estimate of drug-likeness (QED) is 0.204.